The lowest BCUT2D eigenvalue weighted by Crippen LogP contribution is -2.66. The Balaban J connectivity index is 1.30. The average molecular weight is 807 g/mol. The standard InChI is InChI=1S/C47H70N2O9/c1-28(2)39-32(52)23-47(35(53)26-49(37(54)22-30(51)27-50)25-29-12-10-11-21-48-29)20-19-45(8)31(40(39)47)13-14-34-44(7)17-16-36(58-38(55)24-42(3,4)41(56)57)43(5,6)33(44)15-18-46(34,45)9/h10-12,21,28,30-31,33-36,50-51,53H,13-20,22-27H2,1-9H3,(H,56,57). The molecule has 10 atom stereocenters. The van der Waals surface area contributed by atoms with Crippen LogP contribution in [0.3, 0.4) is 0 Å². The number of carbonyl (C=O) groups excluding carboxylic acids is 3. The molecule has 11 heteroatoms. The van der Waals surface area contributed by atoms with E-state index in [0.29, 0.717) is 24.0 Å². The molecule has 322 valence electrons. The second-order valence-corrected chi connectivity index (χ2v) is 21.2. The number of aliphatic hydroxyl groups excluding tert-OH is 3. The van der Waals surface area contributed by atoms with E-state index in [1.807, 2.05) is 12.1 Å². The number of ketones is 1. The quantitative estimate of drug-likeness (QED) is 0.154. The summed E-state index contributed by atoms with van der Waals surface area (Å²) in [7, 11) is 0. The second kappa shape index (κ2) is 15.7. The van der Waals surface area contributed by atoms with Gasteiger partial charge in [0.25, 0.3) is 0 Å². The van der Waals surface area contributed by atoms with E-state index in [9.17, 15) is 39.6 Å². The number of Topliss-reactive ketones (excluding diaryl/α,β-unsaturated/α-hetero) is 1. The van der Waals surface area contributed by atoms with Gasteiger partial charge in [0.2, 0.25) is 5.91 Å². The highest BCUT2D eigenvalue weighted by atomic mass is 16.5. The lowest BCUT2D eigenvalue weighted by molar-refractivity contribution is -0.235. The Morgan fingerprint density at radius 1 is 0.948 bits per heavy atom. The molecule has 0 spiro atoms. The van der Waals surface area contributed by atoms with Crippen molar-refractivity contribution in [3.63, 3.8) is 0 Å². The molecule has 0 aliphatic heterocycles. The minimum Gasteiger partial charge on any atom is -0.481 e. The molecule has 5 aliphatic rings. The Morgan fingerprint density at radius 3 is 2.28 bits per heavy atom. The zero-order valence-corrected chi connectivity index (χ0v) is 36.5. The van der Waals surface area contributed by atoms with Gasteiger partial charge in [0, 0.05) is 30.0 Å². The van der Waals surface area contributed by atoms with Crippen LogP contribution in [0.4, 0.5) is 0 Å². The summed E-state index contributed by atoms with van der Waals surface area (Å²) in [5.74, 6) is -1.02. The first-order valence-corrected chi connectivity index (χ1v) is 21.8. The molecule has 0 bridgehead atoms. The van der Waals surface area contributed by atoms with Gasteiger partial charge in [0.15, 0.2) is 5.78 Å². The van der Waals surface area contributed by atoms with Crippen LogP contribution < -0.4 is 0 Å². The maximum absolute atomic E-state index is 14.3. The van der Waals surface area contributed by atoms with Crippen molar-refractivity contribution in [2.75, 3.05) is 13.2 Å². The van der Waals surface area contributed by atoms with Crippen molar-refractivity contribution >= 4 is 23.6 Å². The smallest absolute Gasteiger partial charge is 0.309 e. The largest absolute Gasteiger partial charge is 0.481 e. The molecule has 0 aromatic carbocycles. The van der Waals surface area contributed by atoms with Crippen LogP contribution in [0, 0.1) is 56.2 Å². The van der Waals surface area contributed by atoms with Crippen molar-refractivity contribution in [3.8, 4) is 0 Å². The summed E-state index contributed by atoms with van der Waals surface area (Å²) < 4.78 is 6.16. The van der Waals surface area contributed by atoms with E-state index in [1.165, 1.54) is 4.90 Å². The number of aliphatic carboxylic acids is 1. The average Bonchev–Trinajstić information content (AvgIpc) is 3.46. The number of hydrogen-bond donors (Lipinski definition) is 4. The molecule has 11 nitrogen and oxygen atoms in total. The van der Waals surface area contributed by atoms with Gasteiger partial charge in [-0.25, -0.2) is 0 Å². The predicted molar refractivity (Wildman–Crippen MR) is 219 cm³/mol. The Hall–Kier alpha value is -3.15. The van der Waals surface area contributed by atoms with Crippen molar-refractivity contribution < 1.29 is 44.3 Å². The van der Waals surface area contributed by atoms with Gasteiger partial charge < -0.3 is 30.1 Å². The SMILES string of the molecule is CC(C)C1=C2C3CCC4C5(C)CCC(OC(=O)CC(C)(C)C(=O)O)C(C)(C)C5CCC4(C)C3(C)CCC2(C(O)CN(Cc2ccccn2)C(=O)CC(O)CO)CC1=O. The number of hydrogen-bond acceptors (Lipinski definition) is 9. The maximum Gasteiger partial charge on any atom is 0.309 e. The molecule has 5 aliphatic carbocycles. The first-order valence-electron chi connectivity index (χ1n) is 21.8. The molecule has 4 saturated carbocycles. The number of aromatic nitrogens is 1. The van der Waals surface area contributed by atoms with E-state index in [4.69, 9.17) is 4.74 Å². The number of amides is 1. The minimum atomic E-state index is -1.22. The van der Waals surface area contributed by atoms with Crippen LogP contribution in [0.15, 0.2) is 35.5 Å². The predicted octanol–water partition coefficient (Wildman–Crippen LogP) is 6.91. The van der Waals surface area contributed by atoms with E-state index in [0.717, 1.165) is 56.1 Å². The number of carbonyl (C=O) groups is 4. The highest BCUT2D eigenvalue weighted by Crippen LogP contribution is 2.77. The van der Waals surface area contributed by atoms with Crippen LogP contribution in [-0.4, -0.2) is 85.4 Å². The molecule has 58 heavy (non-hydrogen) atoms. The fraction of sp³-hybridized carbons (Fsp3) is 0.766. The molecule has 10 unspecified atom stereocenters. The topological polar surface area (TPSA) is 175 Å². The number of aliphatic hydroxyl groups is 3. The highest BCUT2D eigenvalue weighted by molar-refractivity contribution is 6.00. The van der Waals surface area contributed by atoms with Gasteiger partial charge in [-0.1, -0.05) is 60.1 Å². The van der Waals surface area contributed by atoms with Gasteiger partial charge >= 0.3 is 11.9 Å². The Kier molecular flexibility index (Phi) is 12.0. The summed E-state index contributed by atoms with van der Waals surface area (Å²) in [6, 6.07) is 5.46. The number of esters is 1. The maximum atomic E-state index is 14.3. The molecule has 1 amide bonds. The summed E-state index contributed by atoms with van der Waals surface area (Å²) in [5, 5.41) is 42.0. The summed E-state index contributed by atoms with van der Waals surface area (Å²) >= 11 is 0. The molecule has 1 heterocycles. The minimum absolute atomic E-state index is 0.0198. The number of fused-ring (bicyclic) bond motifs is 7. The van der Waals surface area contributed by atoms with E-state index in [2.05, 4.69) is 53.5 Å². The lowest BCUT2D eigenvalue weighted by atomic mass is 9.33. The summed E-state index contributed by atoms with van der Waals surface area (Å²) in [5.41, 5.74) is 0.0432. The number of allylic oxidation sites excluding steroid dienone is 1. The van der Waals surface area contributed by atoms with Crippen LogP contribution >= 0.6 is 0 Å². The summed E-state index contributed by atoms with van der Waals surface area (Å²) in [6.45, 7) is 18.7. The highest BCUT2D eigenvalue weighted by Gasteiger charge is 2.71. The van der Waals surface area contributed by atoms with Gasteiger partial charge in [-0.15, -0.1) is 0 Å². The van der Waals surface area contributed by atoms with Gasteiger partial charge in [-0.2, -0.15) is 0 Å². The molecule has 6 rings (SSSR count). The lowest BCUT2D eigenvalue weighted by Gasteiger charge is -2.72. The molecule has 0 saturated heterocycles. The van der Waals surface area contributed by atoms with Crippen LogP contribution in [0.2, 0.25) is 0 Å². The number of nitrogens with zero attached hydrogens (tertiary/aromatic N) is 2. The zero-order valence-electron chi connectivity index (χ0n) is 36.5. The van der Waals surface area contributed by atoms with E-state index in [1.54, 1.807) is 26.1 Å². The summed E-state index contributed by atoms with van der Waals surface area (Å²) in [4.78, 5) is 58.8. The molecular weight excluding hydrogens is 737 g/mol. The fourth-order valence-electron chi connectivity index (χ4n) is 13.6. The molecule has 1 aromatic heterocycles. The van der Waals surface area contributed by atoms with Crippen LogP contribution in [-0.2, 0) is 30.5 Å². The third-order valence-corrected chi connectivity index (χ3v) is 16.9. The second-order valence-electron chi connectivity index (χ2n) is 21.2. The Bertz CT molecular complexity index is 1790. The van der Waals surface area contributed by atoms with E-state index in [-0.39, 0.29) is 77.7 Å². The fourth-order valence-corrected chi connectivity index (χ4v) is 13.6. The first kappa shape index (κ1) is 44.4. The van der Waals surface area contributed by atoms with Crippen molar-refractivity contribution in [2.24, 2.45) is 56.2 Å². The molecule has 1 aromatic rings. The third-order valence-electron chi connectivity index (χ3n) is 16.9. The van der Waals surface area contributed by atoms with Gasteiger partial charge in [0.1, 0.15) is 6.10 Å². The van der Waals surface area contributed by atoms with Crippen molar-refractivity contribution in [3.05, 3.63) is 41.2 Å². The zero-order chi connectivity index (χ0) is 42.8. The third kappa shape index (κ3) is 7.26. The first-order chi connectivity index (χ1) is 27.0. The molecule has 0 radical (unpaired) electrons. The number of carboxylic acid groups (broad SMARTS) is 1. The normalized spacial score (nSPS) is 35.3. The van der Waals surface area contributed by atoms with Crippen molar-refractivity contribution in [1.29, 1.82) is 0 Å². The number of rotatable bonds is 13. The number of carboxylic acids is 1. The van der Waals surface area contributed by atoms with Crippen LogP contribution in [0.25, 0.3) is 0 Å². The van der Waals surface area contributed by atoms with Crippen molar-refractivity contribution in [1.82, 2.24) is 9.88 Å². The monoisotopic (exact) mass is 807 g/mol. The molecule has 4 N–H and O–H groups in total. The van der Waals surface area contributed by atoms with Gasteiger partial charge in [-0.05, 0) is 123 Å². The number of ether oxygens (including phenoxy) is 1. The van der Waals surface area contributed by atoms with Crippen molar-refractivity contribution in [2.45, 2.75) is 158 Å². The van der Waals surface area contributed by atoms with Crippen LogP contribution in [0.1, 0.15) is 139 Å². The summed E-state index contributed by atoms with van der Waals surface area (Å²) in [6.07, 6.45) is 5.82. The van der Waals surface area contributed by atoms with Gasteiger partial charge in [0.05, 0.1) is 49.3 Å². The van der Waals surface area contributed by atoms with Crippen LogP contribution in [0.5, 0.6) is 0 Å². The molecule has 4 fully saturated rings. The molecular formula is C47H70N2O9. The Morgan fingerprint density at radius 2 is 1.66 bits per heavy atom. The number of pyridine rings is 1. The van der Waals surface area contributed by atoms with Gasteiger partial charge in [-0.3, -0.25) is 24.2 Å². The Labute approximate surface area is 345 Å². The van der Waals surface area contributed by atoms with E-state index >= 15 is 0 Å². The van der Waals surface area contributed by atoms with E-state index < -0.39 is 47.5 Å².